The van der Waals surface area contributed by atoms with Crippen LogP contribution in [-0.4, -0.2) is 69.2 Å². The van der Waals surface area contributed by atoms with Crippen molar-refractivity contribution in [1.82, 2.24) is 9.62 Å². The van der Waals surface area contributed by atoms with Crippen LogP contribution in [0.3, 0.4) is 0 Å². The highest BCUT2D eigenvalue weighted by molar-refractivity contribution is 7.99. The maximum atomic E-state index is 13.2. The van der Waals surface area contributed by atoms with Gasteiger partial charge in [-0.3, -0.25) is 9.59 Å². The molecular weight excluding hydrogens is 450 g/mol. The van der Waals surface area contributed by atoms with E-state index in [9.17, 15) is 18.0 Å². The molecule has 2 saturated heterocycles. The number of benzene rings is 1. The molecule has 2 fully saturated rings. The molecule has 0 saturated carbocycles. The van der Waals surface area contributed by atoms with Gasteiger partial charge in [-0.2, -0.15) is 4.31 Å². The van der Waals surface area contributed by atoms with Crippen LogP contribution in [0.4, 0.5) is 5.69 Å². The summed E-state index contributed by atoms with van der Waals surface area (Å²) in [5.74, 6) is 0.664. The lowest BCUT2D eigenvalue weighted by molar-refractivity contribution is -0.124. The highest BCUT2D eigenvalue weighted by Crippen LogP contribution is 2.37. The van der Waals surface area contributed by atoms with Gasteiger partial charge in [-0.15, -0.1) is 11.8 Å². The van der Waals surface area contributed by atoms with Gasteiger partial charge < -0.3 is 15.0 Å². The first-order valence-corrected chi connectivity index (χ1v) is 13.7. The number of carbonyl (C=O) groups excluding carboxylic acids is 2. The molecule has 0 unspecified atom stereocenters. The number of ether oxygens (including phenoxy) is 1. The Kier molecular flexibility index (Phi) is 7.44. The predicted octanol–water partition coefficient (Wildman–Crippen LogP) is 2.23. The summed E-state index contributed by atoms with van der Waals surface area (Å²) in [6, 6.07) is 4.94. The van der Waals surface area contributed by atoms with E-state index in [1.165, 1.54) is 21.0 Å². The van der Waals surface area contributed by atoms with Crippen molar-refractivity contribution in [3.8, 4) is 0 Å². The smallest absolute Gasteiger partial charge is 0.243 e. The van der Waals surface area contributed by atoms with Gasteiger partial charge in [0.1, 0.15) is 6.54 Å². The summed E-state index contributed by atoms with van der Waals surface area (Å²) < 4.78 is 33.6. The summed E-state index contributed by atoms with van der Waals surface area (Å²) in [5.41, 5.74) is 0.496. The van der Waals surface area contributed by atoms with E-state index in [1.807, 2.05) is 0 Å². The number of rotatable bonds is 6. The molecule has 10 heteroatoms. The lowest BCUT2D eigenvalue weighted by Crippen LogP contribution is -2.43. The minimum atomic E-state index is -3.65. The molecule has 3 heterocycles. The minimum Gasteiger partial charge on any atom is -0.376 e. The number of hydrogen-bond acceptors (Lipinski definition) is 6. The van der Waals surface area contributed by atoms with E-state index in [-0.39, 0.29) is 29.4 Å². The largest absolute Gasteiger partial charge is 0.376 e. The molecule has 3 aliphatic rings. The number of nitrogens with zero attached hydrogens (tertiary/aromatic N) is 2. The van der Waals surface area contributed by atoms with Gasteiger partial charge in [-0.1, -0.05) is 6.92 Å². The molecule has 176 valence electrons. The van der Waals surface area contributed by atoms with Crippen molar-refractivity contribution in [3.05, 3.63) is 18.2 Å². The van der Waals surface area contributed by atoms with Crippen LogP contribution in [-0.2, 0) is 24.3 Å². The summed E-state index contributed by atoms with van der Waals surface area (Å²) in [7, 11) is -3.65. The number of nitrogens with one attached hydrogen (secondary N) is 1. The predicted molar refractivity (Wildman–Crippen MR) is 123 cm³/mol. The maximum absolute atomic E-state index is 13.2. The summed E-state index contributed by atoms with van der Waals surface area (Å²) in [4.78, 5) is 27.8. The Balaban J connectivity index is 1.54. The van der Waals surface area contributed by atoms with E-state index >= 15 is 0 Å². The topological polar surface area (TPSA) is 96.0 Å². The van der Waals surface area contributed by atoms with Gasteiger partial charge in [-0.25, -0.2) is 8.42 Å². The van der Waals surface area contributed by atoms with Crippen LogP contribution >= 0.6 is 11.8 Å². The van der Waals surface area contributed by atoms with E-state index in [4.69, 9.17) is 4.74 Å². The van der Waals surface area contributed by atoms with Crippen molar-refractivity contribution >= 4 is 39.3 Å². The second-order valence-corrected chi connectivity index (χ2v) is 11.8. The highest BCUT2D eigenvalue weighted by Gasteiger charge is 2.31. The van der Waals surface area contributed by atoms with Crippen LogP contribution in [0.5, 0.6) is 0 Å². The fourth-order valence-corrected chi connectivity index (χ4v) is 6.76. The third kappa shape index (κ3) is 5.30. The zero-order valence-electron chi connectivity index (χ0n) is 18.4. The lowest BCUT2D eigenvalue weighted by atomic mass is 10.0. The monoisotopic (exact) mass is 481 g/mol. The second-order valence-electron chi connectivity index (χ2n) is 8.73. The number of piperidine rings is 1. The summed E-state index contributed by atoms with van der Waals surface area (Å²) >= 11 is 1.51. The average molecular weight is 482 g/mol. The molecule has 0 radical (unpaired) electrons. The van der Waals surface area contributed by atoms with Crippen LogP contribution in [0.2, 0.25) is 0 Å². The first kappa shape index (κ1) is 23.5. The summed E-state index contributed by atoms with van der Waals surface area (Å²) in [6.45, 7) is 4.14. The minimum absolute atomic E-state index is 0.0191. The molecule has 4 rings (SSSR count). The van der Waals surface area contributed by atoms with Crippen LogP contribution in [0.15, 0.2) is 28.0 Å². The molecule has 32 heavy (non-hydrogen) atoms. The third-order valence-electron chi connectivity index (χ3n) is 6.33. The van der Waals surface area contributed by atoms with Crippen molar-refractivity contribution in [3.63, 3.8) is 0 Å². The average Bonchev–Trinajstić information content (AvgIpc) is 3.25. The third-order valence-corrected chi connectivity index (χ3v) is 9.29. The van der Waals surface area contributed by atoms with Crippen LogP contribution < -0.4 is 10.2 Å². The lowest BCUT2D eigenvalue weighted by Gasteiger charge is -2.30. The molecule has 2 amide bonds. The molecule has 1 aromatic carbocycles. The van der Waals surface area contributed by atoms with Gasteiger partial charge in [0.15, 0.2) is 0 Å². The van der Waals surface area contributed by atoms with Crippen LogP contribution in [0, 0.1) is 5.92 Å². The first-order valence-electron chi connectivity index (χ1n) is 11.3. The second kappa shape index (κ2) is 10.1. The van der Waals surface area contributed by atoms with Gasteiger partial charge >= 0.3 is 0 Å². The van der Waals surface area contributed by atoms with E-state index in [1.54, 1.807) is 18.2 Å². The number of sulfonamides is 1. The Morgan fingerprint density at radius 2 is 2.03 bits per heavy atom. The molecule has 1 N–H and O–H groups in total. The van der Waals surface area contributed by atoms with Crippen molar-refractivity contribution in [2.45, 2.75) is 54.9 Å². The number of anilines is 1. The normalized spacial score (nSPS) is 23.1. The van der Waals surface area contributed by atoms with Crippen molar-refractivity contribution < 1.29 is 22.7 Å². The van der Waals surface area contributed by atoms with Gasteiger partial charge in [-0.05, 0) is 49.8 Å². The van der Waals surface area contributed by atoms with Gasteiger partial charge in [0, 0.05) is 43.3 Å². The number of thioether (sulfide) groups is 1. The number of amides is 2. The van der Waals surface area contributed by atoms with E-state index < -0.39 is 10.0 Å². The zero-order chi connectivity index (χ0) is 22.7. The maximum Gasteiger partial charge on any atom is 0.243 e. The molecule has 0 spiro atoms. The molecule has 0 bridgehead atoms. The molecular formula is C22H31N3O5S2. The first-order chi connectivity index (χ1) is 15.3. The number of fused-ring (bicyclic) bond motifs is 1. The number of hydrogen-bond donors (Lipinski definition) is 1. The zero-order valence-corrected chi connectivity index (χ0v) is 20.1. The standard InChI is InChI=1S/C22H31N3O5S2/c1-16-6-9-24(10-7-16)32(28,29)18-4-5-20-19(13-18)25(22(27)8-12-31-20)15-21(26)23-14-17-3-2-11-30-17/h4-5,13,16-17H,2-3,6-12,14-15H2,1H3,(H,23,26)/t17-/m1/s1. The van der Waals surface area contributed by atoms with Crippen molar-refractivity contribution in [2.75, 3.05) is 43.4 Å². The van der Waals surface area contributed by atoms with Gasteiger partial charge in [0.2, 0.25) is 21.8 Å². The van der Waals surface area contributed by atoms with Gasteiger partial charge in [0.25, 0.3) is 0 Å². The Labute approximate surface area is 194 Å². The molecule has 8 nitrogen and oxygen atoms in total. The molecule has 1 atom stereocenters. The van der Waals surface area contributed by atoms with E-state index in [2.05, 4.69) is 12.2 Å². The van der Waals surface area contributed by atoms with Gasteiger partial charge in [0.05, 0.1) is 16.7 Å². The Morgan fingerprint density at radius 3 is 2.75 bits per heavy atom. The van der Waals surface area contributed by atoms with Crippen molar-refractivity contribution in [1.29, 1.82) is 0 Å². The van der Waals surface area contributed by atoms with Crippen molar-refractivity contribution in [2.24, 2.45) is 5.92 Å². The van der Waals surface area contributed by atoms with E-state index in [0.29, 0.717) is 50.0 Å². The Bertz CT molecular complexity index is 954. The molecule has 0 aliphatic carbocycles. The molecule has 3 aliphatic heterocycles. The molecule has 0 aromatic heterocycles. The number of carbonyl (C=O) groups is 2. The Hall–Kier alpha value is -1.62. The highest BCUT2D eigenvalue weighted by atomic mass is 32.2. The van der Waals surface area contributed by atoms with Crippen LogP contribution in [0.1, 0.15) is 39.0 Å². The SMILES string of the molecule is CC1CCN(S(=O)(=O)c2ccc3c(c2)N(CC(=O)NC[C@H]2CCCO2)C(=O)CCS3)CC1. The fourth-order valence-electron chi connectivity index (χ4n) is 4.29. The summed E-state index contributed by atoms with van der Waals surface area (Å²) in [5, 5.41) is 2.85. The summed E-state index contributed by atoms with van der Waals surface area (Å²) in [6.07, 6.45) is 3.91. The fraction of sp³-hybridized carbons (Fsp3) is 0.636. The quantitative estimate of drug-likeness (QED) is 0.670. The molecule has 1 aromatic rings. The van der Waals surface area contributed by atoms with E-state index in [0.717, 1.165) is 30.6 Å². The van der Waals surface area contributed by atoms with Crippen LogP contribution in [0.25, 0.3) is 0 Å². The Morgan fingerprint density at radius 1 is 1.25 bits per heavy atom.